The van der Waals surface area contributed by atoms with Gasteiger partial charge in [0.1, 0.15) is 6.04 Å². The maximum Gasteiger partial charge on any atom is 0.373 e. The number of rotatable bonds is 6. The Hall–Kier alpha value is -1.45. The molecule has 1 atom stereocenters. The van der Waals surface area contributed by atoms with E-state index in [1.54, 1.807) is 13.1 Å². The predicted octanol–water partition coefficient (Wildman–Crippen LogP) is 0.0833. The third-order valence-electron chi connectivity index (χ3n) is 5.02. The molecule has 0 saturated heterocycles. The zero-order chi connectivity index (χ0) is 21.4. The van der Waals surface area contributed by atoms with Crippen molar-refractivity contribution in [2.45, 2.75) is 43.5 Å². The van der Waals surface area contributed by atoms with Gasteiger partial charge in [0.2, 0.25) is 0 Å². The molecule has 1 unspecified atom stereocenters. The van der Waals surface area contributed by atoms with Crippen LogP contribution in [0.15, 0.2) is 47.4 Å². The number of hydrogen-bond donors (Lipinski definition) is 1. The van der Waals surface area contributed by atoms with Gasteiger partial charge in [0.15, 0.2) is 0 Å². The number of anilines is 1. The number of hydrogen-bond acceptors (Lipinski definition) is 4. The fourth-order valence-corrected chi connectivity index (χ4v) is 5.77. The van der Waals surface area contributed by atoms with Crippen molar-refractivity contribution in [1.82, 2.24) is 0 Å². The minimum Gasteiger partial charge on any atom is -1.00 e. The summed E-state index contributed by atoms with van der Waals surface area (Å²) < 4.78 is 28.8. The number of nitrogens with zero attached hydrogens (tertiary/aromatic N) is 1. The summed E-state index contributed by atoms with van der Waals surface area (Å²) in [4.78, 5) is 16.7. The van der Waals surface area contributed by atoms with Crippen molar-refractivity contribution in [3.8, 4) is 0 Å². The molecule has 9 heteroatoms. The van der Waals surface area contributed by atoms with E-state index in [0.29, 0.717) is 4.90 Å². The van der Waals surface area contributed by atoms with E-state index in [1.165, 1.54) is 23.6 Å². The van der Waals surface area contributed by atoms with Crippen LogP contribution in [0.5, 0.6) is 0 Å². The van der Waals surface area contributed by atoms with Gasteiger partial charge in [-0.05, 0) is 53.6 Å². The second-order valence-electron chi connectivity index (χ2n) is 6.86. The molecule has 2 N–H and O–H groups in total. The second-order valence-corrected chi connectivity index (χ2v) is 10.0. The molecule has 1 heterocycles. The van der Waals surface area contributed by atoms with Crippen molar-refractivity contribution in [1.29, 1.82) is 0 Å². The quantitative estimate of drug-likeness (QED) is 0.398. The van der Waals surface area contributed by atoms with Crippen LogP contribution in [0, 0.1) is 3.57 Å². The standard InChI is InChI=1S/C20H25IN2O2S.CO2.ClH/c1-3-4-5-8-13-22-20-16-9-6-7-10-18(16)23(2)26(24,25)19-14-15(21)11-12-17(19)20;2-1-3;/h6-7,9-12,14,20,22H,3-5,8,13H2,1-2H3;;1H. The van der Waals surface area contributed by atoms with E-state index in [0.717, 1.165) is 33.4 Å². The first-order valence-electron chi connectivity index (χ1n) is 9.58. The van der Waals surface area contributed by atoms with E-state index in [1.807, 2.05) is 30.3 Å². The van der Waals surface area contributed by atoms with Crippen molar-refractivity contribution in [2.24, 2.45) is 0 Å². The van der Waals surface area contributed by atoms with E-state index in [-0.39, 0.29) is 24.6 Å². The van der Waals surface area contributed by atoms with Crippen molar-refractivity contribution >= 4 is 44.5 Å². The number of halogens is 2. The van der Waals surface area contributed by atoms with Crippen LogP contribution in [-0.4, -0.2) is 28.2 Å². The Kier molecular flexibility index (Phi) is 11.0. The van der Waals surface area contributed by atoms with Crippen LogP contribution in [0.2, 0.25) is 0 Å². The molecule has 2 aromatic carbocycles. The zero-order valence-electron chi connectivity index (χ0n) is 17.0. The highest BCUT2D eigenvalue weighted by Crippen LogP contribution is 2.38. The minimum atomic E-state index is -3.56. The van der Waals surface area contributed by atoms with Gasteiger partial charge < -0.3 is 17.7 Å². The molecule has 2 aromatic rings. The second kappa shape index (κ2) is 12.4. The Morgan fingerprint density at radius 2 is 1.73 bits per heavy atom. The molecule has 0 amide bonds. The molecule has 164 valence electrons. The summed E-state index contributed by atoms with van der Waals surface area (Å²) in [6, 6.07) is 13.6. The van der Waals surface area contributed by atoms with E-state index < -0.39 is 10.0 Å². The fourth-order valence-electron chi connectivity index (χ4n) is 3.58. The van der Waals surface area contributed by atoms with E-state index >= 15 is 0 Å². The van der Waals surface area contributed by atoms with E-state index in [2.05, 4.69) is 40.9 Å². The normalized spacial score (nSPS) is 16.0. The number of quaternary nitrogens is 1. The van der Waals surface area contributed by atoms with Crippen molar-refractivity contribution < 1.29 is 35.7 Å². The van der Waals surface area contributed by atoms with Gasteiger partial charge in [-0.3, -0.25) is 4.31 Å². The minimum absolute atomic E-state index is 0. The highest BCUT2D eigenvalue weighted by atomic mass is 127. The Balaban J connectivity index is 0.00000106. The van der Waals surface area contributed by atoms with Crippen molar-refractivity contribution in [2.75, 3.05) is 17.9 Å². The summed E-state index contributed by atoms with van der Waals surface area (Å²) in [5.74, 6) is 0. The van der Waals surface area contributed by atoms with Crippen LogP contribution in [0.3, 0.4) is 0 Å². The first-order chi connectivity index (χ1) is 13.9. The SMILES string of the molecule is CCCCCC[NH2+]C1c2ccccc2N(C)S(=O)(=O)c2cc(I)ccc21.O=C=O.[Cl-]. The molecule has 0 saturated carbocycles. The van der Waals surface area contributed by atoms with Gasteiger partial charge in [-0.15, -0.1) is 0 Å². The van der Waals surface area contributed by atoms with Crippen LogP contribution < -0.4 is 22.0 Å². The molecule has 3 rings (SSSR count). The summed E-state index contributed by atoms with van der Waals surface area (Å²) in [5, 5.41) is 2.30. The molecule has 0 aliphatic carbocycles. The lowest BCUT2D eigenvalue weighted by Gasteiger charge is -2.20. The average molecular weight is 565 g/mol. The largest absolute Gasteiger partial charge is 1.00 e. The number of sulfonamides is 1. The molecule has 1 aliphatic rings. The molecule has 0 aromatic heterocycles. The van der Waals surface area contributed by atoms with E-state index in [9.17, 15) is 8.42 Å². The lowest BCUT2D eigenvalue weighted by molar-refractivity contribution is -0.687. The van der Waals surface area contributed by atoms with Gasteiger partial charge in [-0.2, -0.15) is 9.59 Å². The Labute approximate surface area is 198 Å². The maximum atomic E-state index is 13.2. The highest BCUT2D eigenvalue weighted by Gasteiger charge is 2.36. The van der Waals surface area contributed by atoms with Gasteiger partial charge >= 0.3 is 6.15 Å². The Morgan fingerprint density at radius 3 is 2.40 bits per heavy atom. The molecule has 0 fully saturated rings. The predicted molar refractivity (Wildman–Crippen MR) is 119 cm³/mol. The number of para-hydroxylation sites is 1. The summed E-state index contributed by atoms with van der Waals surface area (Å²) >= 11 is 2.18. The van der Waals surface area contributed by atoms with Crippen molar-refractivity contribution in [3.63, 3.8) is 0 Å². The Morgan fingerprint density at radius 1 is 1.07 bits per heavy atom. The van der Waals surface area contributed by atoms with Crippen LogP contribution in [0.1, 0.15) is 49.8 Å². The van der Waals surface area contributed by atoms with Crippen LogP contribution >= 0.6 is 22.6 Å². The van der Waals surface area contributed by atoms with Crippen LogP contribution in [-0.2, 0) is 19.6 Å². The number of unbranched alkanes of at least 4 members (excludes halogenated alkanes) is 3. The third kappa shape index (κ3) is 6.04. The summed E-state index contributed by atoms with van der Waals surface area (Å²) in [6.45, 7) is 3.21. The van der Waals surface area contributed by atoms with E-state index in [4.69, 9.17) is 9.59 Å². The van der Waals surface area contributed by atoms with Crippen LogP contribution in [0.25, 0.3) is 0 Å². The molecule has 30 heavy (non-hydrogen) atoms. The maximum absolute atomic E-state index is 13.2. The smallest absolute Gasteiger partial charge is 0.373 e. The fraction of sp³-hybridized carbons (Fsp3) is 0.381. The molecule has 0 radical (unpaired) electrons. The lowest BCUT2D eigenvalue weighted by Crippen LogP contribution is -3.00. The molecular formula is C21H26ClIN2O4S. The summed E-state index contributed by atoms with van der Waals surface area (Å²) in [7, 11) is -1.90. The monoisotopic (exact) mass is 564 g/mol. The van der Waals surface area contributed by atoms with Crippen LogP contribution in [0.4, 0.5) is 5.69 Å². The molecular weight excluding hydrogens is 539 g/mol. The zero-order valence-corrected chi connectivity index (χ0v) is 20.7. The van der Waals surface area contributed by atoms with Gasteiger partial charge in [-0.1, -0.05) is 44.0 Å². The van der Waals surface area contributed by atoms with Gasteiger partial charge in [0.05, 0.1) is 17.1 Å². The topological polar surface area (TPSA) is 88.1 Å². The van der Waals surface area contributed by atoms with Gasteiger partial charge in [0.25, 0.3) is 10.0 Å². The number of nitrogens with two attached hydrogens (primary N) is 1. The highest BCUT2D eigenvalue weighted by molar-refractivity contribution is 14.1. The average Bonchev–Trinajstić information content (AvgIpc) is 2.77. The van der Waals surface area contributed by atoms with Gasteiger partial charge in [0, 0.05) is 21.7 Å². The van der Waals surface area contributed by atoms with Crippen molar-refractivity contribution in [3.05, 3.63) is 57.2 Å². The number of fused-ring (bicyclic) bond motifs is 2. The number of carbonyl (C=O) groups excluding carboxylic acids is 2. The lowest BCUT2D eigenvalue weighted by atomic mass is 9.96. The summed E-state index contributed by atoms with van der Waals surface area (Å²) in [5.41, 5.74) is 2.72. The molecule has 0 spiro atoms. The third-order valence-corrected chi connectivity index (χ3v) is 7.52. The first-order valence-corrected chi connectivity index (χ1v) is 12.1. The Bertz CT molecular complexity index is 979. The first kappa shape index (κ1) is 26.6. The summed E-state index contributed by atoms with van der Waals surface area (Å²) in [6.07, 6.45) is 5.09. The van der Waals surface area contributed by atoms with Gasteiger partial charge in [-0.25, -0.2) is 8.42 Å². The number of benzene rings is 2. The molecule has 0 bridgehead atoms. The molecule has 1 aliphatic heterocycles. The molecule has 6 nitrogen and oxygen atoms in total.